The highest BCUT2D eigenvalue weighted by atomic mass is 16.5. The number of aromatic nitrogens is 2. The Morgan fingerprint density at radius 1 is 1.60 bits per heavy atom. The summed E-state index contributed by atoms with van der Waals surface area (Å²) >= 11 is 0. The molecule has 0 unspecified atom stereocenters. The smallest absolute Gasteiger partial charge is 0.169 e. The van der Waals surface area contributed by atoms with Crippen molar-refractivity contribution in [2.75, 3.05) is 31.7 Å². The Hall–Kier alpha value is -1.67. The first-order valence-corrected chi connectivity index (χ1v) is 4.80. The summed E-state index contributed by atoms with van der Waals surface area (Å²) in [5, 5.41) is 16.5. The van der Waals surface area contributed by atoms with E-state index in [9.17, 15) is 0 Å². The zero-order valence-electron chi connectivity index (χ0n) is 8.97. The summed E-state index contributed by atoms with van der Waals surface area (Å²) < 4.78 is 5.23. The van der Waals surface area contributed by atoms with Gasteiger partial charge in [-0.15, -0.1) is 5.10 Å². The summed E-state index contributed by atoms with van der Waals surface area (Å²) in [5.41, 5.74) is 0.531. The quantitative estimate of drug-likeness (QED) is 0.667. The molecule has 0 aliphatic rings. The van der Waals surface area contributed by atoms with E-state index in [4.69, 9.17) is 10.00 Å². The average molecular weight is 206 g/mol. The molecule has 0 saturated carbocycles. The van der Waals surface area contributed by atoms with Crippen LogP contribution in [0.4, 0.5) is 5.82 Å². The van der Waals surface area contributed by atoms with Crippen molar-refractivity contribution in [3.05, 3.63) is 17.8 Å². The first-order valence-electron chi connectivity index (χ1n) is 4.80. The number of nitriles is 1. The number of anilines is 1. The van der Waals surface area contributed by atoms with Crippen molar-refractivity contribution in [1.82, 2.24) is 10.2 Å². The summed E-state index contributed by atoms with van der Waals surface area (Å²) in [5.74, 6) is 0.597. The SMILES string of the molecule is CCOCCN(C)c1nnccc1C#N. The van der Waals surface area contributed by atoms with Crippen LogP contribution in [0.25, 0.3) is 0 Å². The van der Waals surface area contributed by atoms with Crippen LogP contribution >= 0.6 is 0 Å². The van der Waals surface area contributed by atoms with Crippen molar-refractivity contribution in [1.29, 1.82) is 5.26 Å². The lowest BCUT2D eigenvalue weighted by Gasteiger charge is -2.17. The van der Waals surface area contributed by atoms with E-state index in [-0.39, 0.29) is 0 Å². The molecule has 1 aromatic heterocycles. The molecule has 5 heteroatoms. The first kappa shape index (κ1) is 11.4. The lowest BCUT2D eigenvalue weighted by Crippen LogP contribution is -2.24. The maximum atomic E-state index is 8.86. The minimum absolute atomic E-state index is 0.531. The van der Waals surface area contributed by atoms with Gasteiger partial charge in [0, 0.05) is 20.2 Å². The molecule has 0 spiro atoms. The normalized spacial score (nSPS) is 9.67. The third-order valence-electron chi connectivity index (χ3n) is 1.96. The van der Waals surface area contributed by atoms with Crippen LogP contribution in [0.2, 0.25) is 0 Å². The second-order valence-electron chi connectivity index (χ2n) is 3.00. The van der Waals surface area contributed by atoms with Gasteiger partial charge in [0.15, 0.2) is 5.82 Å². The molecular formula is C10H14N4O. The number of likely N-dealkylation sites (N-methyl/N-ethyl adjacent to an activating group) is 1. The molecule has 80 valence electrons. The van der Waals surface area contributed by atoms with E-state index in [0.29, 0.717) is 31.1 Å². The molecule has 0 atom stereocenters. The van der Waals surface area contributed by atoms with Crippen LogP contribution in [-0.2, 0) is 4.74 Å². The molecule has 0 aliphatic heterocycles. The van der Waals surface area contributed by atoms with Crippen molar-refractivity contribution >= 4 is 5.82 Å². The highest BCUT2D eigenvalue weighted by Crippen LogP contribution is 2.12. The number of nitrogens with zero attached hydrogens (tertiary/aromatic N) is 4. The number of ether oxygens (including phenoxy) is 1. The Morgan fingerprint density at radius 2 is 2.40 bits per heavy atom. The highest BCUT2D eigenvalue weighted by molar-refractivity contribution is 5.51. The van der Waals surface area contributed by atoms with Crippen LogP contribution in [0.5, 0.6) is 0 Å². The molecular weight excluding hydrogens is 192 g/mol. The van der Waals surface area contributed by atoms with Crippen molar-refractivity contribution in [3.63, 3.8) is 0 Å². The Morgan fingerprint density at radius 3 is 3.07 bits per heavy atom. The molecule has 1 heterocycles. The van der Waals surface area contributed by atoms with Gasteiger partial charge in [-0.3, -0.25) is 0 Å². The van der Waals surface area contributed by atoms with E-state index in [1.54, 1.807) is 6.07 Å². The molecule has 0 bridgehead atoms. The maximum Gasteiger partial charge on any atom is 0.169 e. The van der Waals surface area contributed by atoms with Crippen LogP contribution in [0.3, 0.4) is 0 Å². The third kappa shape index (κ3) is 3.18. The molecule has 0 fully saturated rings. The van der Waals surface area contributed by atoms with Gasteiger partial charge < -0.3 is 9.64 Å². The van der Waals surface area contributed by atoms with Crippen molar-refractivity contribution < 1.29 is 4.74 Å². The first-order chi connectivity index (χ1) is 7.29. The molecule has 0 amide bonds. The van der Waals surface area contributed by atoms with E-state index < -0.39 is 0 Å². The fourth-order valence-corrected chi connectivity index (χ4v) is 1.15. The number of rotatable bonds is 5. The zero-order valence-corrected chi connectivity index (χ0v) is 8.97. The molecule has 5 nitrogen and oxygen atoms in total. The van der Waals surface area contributed by atoms with Gasteiger partial charge in [-0.25, -0.2) is 0 Å². The van der Waals surface area contributed by atoms with E-state index in [0.717, 1.165) is 0 Å². The predicted molar refractivity (Wildman–Crippen MR) is 56.5 cm³/mol. The van der Waals surface area contributed by atoms with Crippen LogP contribution in [-0.4, -0.2) is 37.0 Å². The monoisotopic (exact) mass is 206 g/mol. The minimum atomic E-state index is 0.531. The van der Waals surface area contributed by atoms with Gasteiger partial charge in [0.25, 0.3) is 0 Å². The molecule has 0 saturated heterocycles. The van der Waals surface area contributed by atoms with Gasteiger partial charge in [0.05, 0.1) is 18.4 Å². The maximum absolute atomic E-state index is 8.86. The van der Waals surface area contributed by atoms with E-state index in [1.165, 1.54) is 6.20 Å². The van der Waals surface area contributed by atoms with Crippen LogP contribution < -0.4 is 4.90 Å². The van der Waals surface area contributed by atoms with Gasteiger partial charge >= 0.3 is 0 Å². The average Bonchev–Trinajstić information content (AvgIpc) is 2.29. The Kier molecular flexibility index (Phi) is 4.51. The summed E-state index contributed by atoms with van der Waals surface area (Å²) in [6.07, 6.45) is 1.51. The van der Waals surface area contributed by atoms with Gasteiger partial charge in [-0.2, -0.15) is 10.4 Å². The number of hydrogen-bond donors (Lipinski definition) is 0. The van der Waals surface area contributed by atoms with Crippen LogP contribution in [0, 0.1) is 11.3 Å². The van der Waals surface area contributed by atoms with Gasteiger partial charge in [0.2, 0.25) is 0 Å². The molecule has 1 aromatic rings. The molecule has 0 radical (unpaired) electrons. The Bertz CT molecular complexity index is 348. The topological polar surface area (TPSA) is 62.0 Å². The third-order valence-corrected chi connectivity index (χ3v) is 1.96. The van der Waals surface area contributed by atoms with Gasteiger partial charge in [-0.1, -0.05) is 0 Å². The van der Waals surface area contributed by atoms with E-state index >= 15 is 0 Å². The van der Waals surface area contributed by atoms with E-state index in [2.05, 4.69) is 16.3 Å². The second-order valence-corrected chi connectivity index (χ2v) is 3.00. The van der Waals surface area contributed by atoms with Gasteiger partial charge in [-0.05, 0) is 13.0 Å². The standard InChI is InChI=1S/C10H14N4O/c1-3-15-7-6-14(2)10-9(8-11)4-5-12-13-10/h4-5H,3,6-7H2,1-2H3. The summed E-state index contributed by atoms with van der Waals surface area (Å²) in [6, 6.07) is 3.73. The largest absolute Gasteiger partial charge is 0.380 e. The van der Waals surface area contributed by atoms with Gasteiger partial charge in [0.1, 0.15) is 6.07 Å². The van der Waals surface area contributed by atoms with Crippen LogP contribution in [0.15, 0.2) is 12.3 Å². The molecule has 0 aromatic carbocycles. The molecule has 0 N–H and O–H groups in total. The Balaban J connectivity index is 2.65. The molecule has 15 heavy (non-hydrogen) atoms. The molecule has 0 aliphatic carbocycles. The zero-order chi connectivity index (χ0) is 11.1. The second kappa shape index (κ2) is 5.94. The Labute approximate surface area is 89.3 Å². The van der Waals surface area contributed by atoms with Crippen LogP contribution in [0.1, 0.15) is 12.5 Å². The van der Waals surface area contributed by atoms with E-state index in [1.807, 2.05) is 18.9 Å². The number of hydrogen-bond acceptors (Lipinski definition) is 5. The summed E-state index contributed by atoms with van der Waals surface area (Å²) in [4.78, 5) is 1.86. The summed E-state index contributed by atoms with van der Waals surface area (Å²) in [7, 11) is 1.86. The van der Waals surface area contributed by atoms with Crippen molar-refractivity contribution in [3.8, 4) is 6.07 Å². The lowest BCUT2D eigenvalue weighted by molar-refractivity contribution is 0.154. The fourth-order valence-electron chi connectivity index (χ4n) is 1.15. The van der Waals surface area contributed by atoms with Crippen molar-refractivity contribution in [2.45, 2.75) is 6.92 Å². The molecule has 1 rings (SSSR count). The fraction of sp³-hybridized carbons (Fsp3) is 0.500. The minimum Gasteiger partial charge on any atom is -0.380 e. The van der Waals surface area contributed by atoms with Crippen molar-refractivity contribution in [2.24, 2.45) is 0 Å². The lowest BCUT2D eigenvalue weighted by atomic mass is 10.3. The predicted octanol–water partition coefficient (Wildman–Crippen LogP) is 0.821. The highest BCUT2D eigenvalue weighted by Gasteiger charge is 2.08. The summed E-state index contributed by atoms with van der Waals surface area (Å²) in [6.45, 7) is 3.96.